The molecule has 2 unspecified atom stereocenters. The lowest BCUT2D eigenvalue weighted by Crippen LogP contribution is -2.48. The summed E-state index contributed by atoms with van der Waals surface area (Å²) < 4.78 is 0. The Labute approximate surface area is 177 Å². The first-order valence-electron chi connectivity index (χ1n) is 11.9. The average Bonchev–Trinajstić information content (AvgIpc) is 2.98. The minimum Gasteiger partial charge on any atom is -0.390 e. The fourth-order valence-electron chi connectivity index (χ4n) is 7.68. The van der Waals surface area contributed by atoms with E-state index in [2.05, 4.69) is 39.0 Å². The normalized spacial score (nSPS) is 42.1. The number of hydrogen-bond acceptors (Lipinski definition) is 2. The largest absolute Gasteiger partial charge is 0.390 e. The molecule has 0 heterocycles. The van der Waals surface area contributed by atoms with Gasteiger partial charge in [0, 0.05) is 5.41 Å². The third-order valence-electron chi connectivity index (χ3n) is 9.32. The molecule has 0 aromatic carbocycles. The van der Waals surface area contributed by atoms with E-state index in [0.29, 0.717) is 17.3 Å². The van der Waals surface area contributed by atoms with Crippen LogP contribution in [0, 0.1) is 40.4 Å². The number of ketones is 1. The van der Waals surface area contributed by atoms with Crippen molar-refractivity contribution < 1.29 is 9.90 Å². The standard InChI is InChI=1S/C27H40O2/c1-18(7-6-14-25(2,3)29)22-10-11-23-21-9-8-19-17-20(28)12-15-26(19,4)24(21)13-16-27(22,23)5/h8-9,12,15,17-18,21-24,29H,6-7,10-11,13-14,16H2,1-5H3/t18-,21?,22-,23+,24?,26+,27-/m1/s1. The van der Waals surface area contributed by atoms with Crippen LogP contribution < -0.4 is 0 Å². The zero-order chi connectivity index (χ0) is 21.0. The predicted octanol–water partition coefficient (Wildman–Crippen LogP) is 6.26. The number of hydrogen-bond donors (Lipinski definition) is 1. The molecule has 1 N–H and O–H groups in total. The van der Waals surface area contributed by atoms with Crippen molar-refractivity contribution in [1.82, 2.24) is 0 Å². The molecular formula is C27H40O2. The Kier molecular flexibility index (Phi) is 5.25. The van der Waals surface area contributed by atoms with Crippen LogP contribution in [0.15, 0.2) is 36.0 Å². The van der Waals surface area contributed by atoms with Crippen LogP contribution in [0.4, 0.5) is 0 Å². The van der Waals surface area contributed by atoms with Gasteiger partial charge in [0.05, 0.1) is 5.60 Å². The first-order chi connectivity index (χ1) is 13.5. The van der Waals surface area contributed by atoms with Crippen molar-refractivity contribution in [3.63, 3.8) is 0 Å². The number of rotatable bonds is 5. The fraction of sp³-hybridized carbons (Fsp3) is 0.741. The Bertz CT molecular complexity index is 751. The quantitative estimate of drug-likeness (QED) is 0.595. The van der Waals surface area contributed by atoms with E-state index in [1.807, 2.05) is 19.9 Å². The van der Waals surface area contributed by atoms with E-state index in [-0.39, 0.29) is 11.2 Å². The molecule has 160 valence electrons. The lowest BCUT2D eigenvalue weighted by Gasteiger charge is -2.55. The summed E-state index contributed by atoms with van der Waals surface area (Å²) in [5, 5.41) is 10.1. The zero-order valence-corrected chi connectivity index (χ0v) is 19.1. The van der Waals surface area contributed by atoms with Gasteiger partial charge in [-0.25, -0.2) is 0 Å². The van der Waals surface area contributed by atoms with Crippen molar-refractivity contribution in [3.8, 4) is 0 Å². The molecule has 2 heteroatoms. The maximum absolute atomic E-state index is 11.9. The fourth-order valence-corrected chi connectivity index (χ4v) is 7.68. The lowest BCUT2D eigenvalue weighted by atomic mass is 9.49. The second kappa shape index (κ2) is 7.22. The second-order valence-electron chi connectivity index (χ2n) is 11.7. The predicted molar refractivity (Wildman–Crippen MR) is 119 cm³/mol. The molecule has 0 bridgehead atoms. The van der Waals surface area contributed by atoms with Gasteiger partial charge in [-0.2, -0.15) is 0 Å². The Morgan fingerprint density at radius 1 is 1.17 bits per heavy atom. The zero-order valence-electron chi connectivity index (χ0n) is 19.1. The molecule has 4 aliphatic carbocycles. The van der Waals surface area contributed by atoms with Crippen molar-refractivity contribution in [2.45, 2.75) is 85.2 Å². The minimum absolute atomic E-state index is 0.0328. The number of carbonyl (C=O) groups is 1. The lowest BCUT2D eigenvalue weighted by molar-refractivity contribution is -0.110. The molecule has 0 radical (unpaired) electrons. The van der Waals surface area contributed by atoms with Gasteiger partial charge in [0.1, 0.15) is 0 Å². The summed E-state index contributed by atoms with van der Waals surface area (Å²) in [5.41, 5.74) is 1.16. The van der Waals surface area contributed by atoms with E-state index in [0.717, 1.165) is 30.6 Å². The highest BCUT2D eigenvalue weighted by atomic mass is 16.3. The van der Waals surface area contributed by atoms with Gasteiger partial charge < -0.3 is 5.11 Å². The number of aliphatic hydroxyl groups is 1. The van der Waals surface area contributed by atoms with E-state index < -0.39 is 5.60 Å². The third-order valence-corrected chi connectivity index (χ3v) is 9.32. The summed E-state index contributed by atoms with van der Waals surface area (Å²) in [7, 11) is 0. The highest BCUT2D eigenvalue weighted by Crippen LogP contribution is 2.65. The van der Waals surface area contributed by atoms with Crippen LogP contribution in [-0.4, -0.2) is 16.5 Å². The smallest absolute Gasteiger partial charge is 0.178 e. The van der Waals surface area contributed by atoms with E-state index >= 15 is 0 Å². The molecule has 4 aliphatic rings. The van der Waals surface area contributed by atoms with Crippen LogP contribution in [0.5, 0.6) is 0 Å². The highest BCUT2D eigenvalue weighted by Gasteiger charge is 2.58. The molecular weight excluding hydrogens is 356 g/mol. The van der Waals surface area contributed by atoms with Crippen LogP contribution in [0.25, 0.3) is 0 Å². The summed E-state index contributed by atoms with van der Waals surface area (Å²) >= 11 is 0. The van der Waals surface area contributed by atoms with Crippen LogP contribution in [0.3, 0.4) is 0 Å². The molecule has 0 spiro atoms. The molecule has 2 fully saturated rings. The van der Waals surface area contributed by atoms with E-state index in [4.69, 9.17) is 0 Å². The summed E-state index contributed by atoms with van der Waals surface area (Å²) in [6.45, 7) is 11.3. The van der Waals surface area contributed by atoms with Gasteiger partial charge in [0.25, 0.3) is 0 Å². The first kappa shape index (κ1) is 21.1. The topological polar surface area (TPSA) is 37.3 Å². The van der Waals surface area contributed by atoms with Gasteiger partial charge in [-0.1, -0.05) is 51.8 Å². The van der Waals surface area contributed by atoms with Gasteiger partial charge in [-0.3, -0.25) is 4.79 Å². The van der Waals surface area contributed by atoms with Crippen molar-refractivity contribution >= 4 is 5.78 Å². The molecule has 2 saturated carbocycles. The van der Waals surface area contributed by atoms with E-state index in [9.17, 15) is 9.90 Å². The molecule has 0 aromatic rings. The third kappa shape index (κ3) is 3.60. The van der Waals surface area contributed by atoms with Crippen LogP contribution in [-0.2, 0) is 4.79 Å². The van der Waals surface area contributed by atoms with Gasteiger partial charge in [0.2, 0.25) is 0 Å². The SMILES string of the molecule is C[C@H](CCCC(C)(C)O)[C@H]1CC[C@H]2C3C=CC4=CC(=O)C=C[C@]4(C)C3CC[C@]12C. The summed E-state index contributed by atoms with van der Waals surface area (Å²) in [5.74, 6) is 3.71. The van der Waals surface area contributed by atoms with Crippen LogP contribution in [0.2, 0.25) is 0 Å². The molecule has 0 aliphatic heterocycles. The molecule has 2 nitrogen and oxygen atoms in total. The first-order valence-corrected chi connectivity index (χ1v) is 11.9. The van der Waals surface area contributed by atoms with Crippen molar-refractivity contribution in [2.24, 2.45) is 40.4 Å². The molecule has 0 saturated heterocycles. The van der Waals surface area contributed by atoms with Gasteiger partial charge in [-0.05, 0) is 98.7 Å². The highest BCUT2D eigenvalue weighted by molar-refractivity contribution is 6.01. The minimum atomic E-state index is -0.539. The summed E-state index contributed by atoms with van der Waals surface area (Å²) in [4.78, 5) is 11.9. The van der Waals surface area contributed by atoms with Crippen molar-refractivity contribution in [3.05, 3.63) is 36.0 Å². The van der Waals surface area contributed by atoms with Gasteiger partial charge >= 0.3 is 0 Å². The molecule has 0 amide bonds. The molecule has 29 heavy (non-hydrogen) atoms. The maximum Gasteiger partial charge on any atom is 0.178 e. The molecule has 4 rings (SSSR count). The van der Waals surface area contributed by atoms with Crippen LogP contribution in [0.1, 0.15) is 79.6 Å². The van der Waals surface area contributed by atoms with Crippen molar-refractivity contribution in [1.29, 1.82) is 0 Å². The summed E-state index contributed by atoms with van der Waals surface area (Å²) in [6.07, 6.45) is 19.2. The Morgan fingerprint density at radius 2 is 1.93 bits per heavy atom. The molecule has 0 aromatic heterocycles. The Balaban J connectivity index is 1.51. The summed E-state index contributed by atoms with van der Waals surface area (Å²) in [6, 6.07) is 0. The number of fused-ring (bicyclic) bond motifs is 5. The average molecular weight is 397 g/mol. The second-order valence-corrected chi connectivity index (χ2v) is 11.7. The number of allylic oxidation sites excluding steroid dienone is 6. The Hall–Kier alpha value is -1.15. The Morgan fingerprint density at radius 3 is 2.66 bits per heavy atom. The molecule has 7 atom stereocenters. The van der Waals surface area contributed by atoms with Gasteiger partial charge in [0.15, 0.2) is 5.78 Å². The van der Waals surface area contributed by atoms with Gasteiger partial charge in [-0.15, -0.1) is 0 Å². The van der Waals surface area contributed by atoms with E-state index in [1.165, 1.54) is 37.7 Å². The van der Waals surface area contributed by atoms with Crippen molar-refractivity contribution in [2.75, 3.05) is 0 Å². The van der Waals surface area contributed by atoms with Crippen LogP contribution >= 0.6 is 0 Å². The maximum atomic E-state index is 11.9. The van der Waals surface area contributed by atoms with E-state index in [1.54, 1.807) is 6.08 Å². The number of carbonyl (C=O) groups excluding carboxylic acids is 1. The monoisotopic (exact) mass is 396 g/mol.